The van der Waals surface area contributed by atoms with Crippen LogP contribution < -0.4 is 5.14 Å². The lowest BCUT2D eigenvalue weighted by atomic mass is 9.85. The van der Waals surface area contributed by atoms with E-state index in [0.717, 1.165) is 6.07 Å². The highest BCUT2D eigenvalue weighted by atomic mass is 32.2. The van der Waals surface area contributed by atoms with Crippen LogP contribution in [0.3, 0.4) is 0 Å². The van der Waals surface area contributed by atoms with Crippen molar-refractivity contribution in [2.24, 2.45) is 10.6 Å². The summed E-state index contributed by atoms with van der Waals surface area (Å²) in [4.78, 5) is -0.0648. The molecule has 1 aliphatic rings. The maximum Gasteiger partial charge on any atom is 0.238 e. The predicted molar refractivity (Wildman–Crippen MR) is 71.0 cm³/mol. The third-order valence-electron chi connectivity index (χ3n) is 3.23. The lowest BCUT2D eigenvalue weighted by molar-refractivity contribution is -0.119. The van der Waals surface area contributed by atoms with Crippen LogP contribution in [0.5, 0.6) is 0 Å². The molecule has 1 aliphatic heterocycles. The fourth-order valence-electron chi connectivity index (χ4n) is 2.35. The molecule has 0 aliphatic carbocycles. The molecule has 1 heterocycles. The number of hydrogen-bond acceptors (Lipinski definition) is 4. The second-order valence-corrected chi connectivity index (χ2v) is 7.07. The number of sulfonamides is 1. The van der Waals surface area contributed by atoms with Gasteiger partial charge in [-0.1, -0.05) is 13.8 Å². The van der Waals surface area contributed by atoms with Crippen molar-refractivity contribution in [2.45, 2.75) is 31.5 Å². The van der Waals surface area contributed by atoms with Crippen LogP contribution in [0.25, 0.3) is 0 Å². The first-order valence-corrected chi connectivity index (χ1v) is 7.79. The first-order valence-electron chi connectivity index (χ1n) is 6.24. The van der Waals surface area contributed by atoms with Gasteiger partial charge in [0.2, 0.25) is 10.0 Å². The van der Waals surface area contributed by atoms with Gasteiger partial charge in [-0.2, -0.15) is 0 Å². The van der Waals surface area contributed by atoms with Crippen LogP contribution >= 0.6 is 0 Å². The Morgan fingerprint density at radius 2 is 1.95 bits per heavy atom. The fraction of sp³-hybridized carbons (Fsp3) is 0.538. The van der Waals surface area contributed by atoms with Crippen LogP contribution in [0, 0.1) is 11.2 Å². The molecule has 1 aromatic rings. The van der Waals surface area contributed by atoms with Crippen LogP contribution in [0.4, 0.5) is 4.39 Å². The standard InChI is InChI=1S/C13H18FNO4S/c1-13(2,12-18-5-6-19-12)8-9-7-10(14)3-4-11(9)20(15,16)17/h3-4,7,12H,5-6,8H2,1-2H3,(H2,15,16,17). The summed E-state index contributed by atoms with van der Waals surface area (Å²) in [5, 5.41) is 5.17. The summed E-state index contributed by atoms with van der Waals surface area (Å²) in [6.45, 7) is 4.75. The largest absolute Gasteiger partial charge is 0.350 e. The van der Waals surface area contributed by atoms with E-state index in [-0.39, 0.29) is 11.3 Å². The van der Waals surface area contributed by atoms with Gasteiger partial charge in [0.05, 0.1) is 18.1 Å². The van der Waals surface area contributed by atoms with Gasteiger partial charge in [-0.3, -0.25) is 0 Å². The lowest BCUT2D eigenvalue weighted by Gasteiger charge is -2.30. The van der Waals surface area contributed by atoms with Crippen LogP contribution in [0.2, 0.25) is 0 Å². The molecule has 112 valence electrons. The number of primary sulfonamides is 1. The van der Waals surface area contributed by atoms with E-state index < -0.39 is 27.5 Å². The molecule has 1 fully saturated rings. The average molecular weight is 303 g/mol. The molecular formula is C13H18FNO4S. The molecule has 5 nitrogen and oxygen atoms in total. The monoisotopic (exact) mass is 303 g/mol. The molecule has 1 saturated heterocycles. The summed E-state index contributed by atoms with van der Waals surface area (Å²) in [6, 6.07) is 3.46. The molecule has 0 bridgehead atoms. The summed E-state index contributed by atoms with van der Waals surface area (Å²) in [6.07, 6.45) is -0.166. The van der Waals surface area contributed by atoms with Crippen molar-refractivity contribution in [1.82, 2.24) is 0 Å². The Morgan fingerprint density at radius 3 is 2.50 bits per heavy atom. The molecule has 0 saturated carbocycles. The molecule has 20 heavy (non-hydrogen) atoms. The fourth-order valence-corrected chi connectivity index (χ4v) is 3.10. The number of ether oxygens (including phenoxy) is 2. The minimum Gasteiger partial charge on any atom is -0.350 e. The Labute approximate surface area is 117 Å². The summed E-state index contributed by atoms with van der Waals surface area (Å²) in [5.74, 6) is -0.503. The molecule has 0 amide bonds. The number of rotatable bonds is 4. The van der Waals surface area contributed by atoms with E-state index in [1.807, 2.05) is 13.8 Å². The summed E-state index contributed by atoms with van der Waals surface area (Å²) in [5.41, 5.74) is -0.166. The molecule has 0 unspecified atom stereocenters. The maximum absolute atomic E-state index is 13.4. The molecule has 1 aromatic carbocycles. The van der Waals surface area contributed by atoms with Gasteiger partial charge in [-0.05, 0) is 30.2 Å². The van der Waals surface area contributed by atoms with E-state index in [2.05, 4.69) is 0 Å². The van der Waals surface area contributed by atoms with Crippen LogP contribution in [0.15, 0.2) is 23.1 Å². The summed E-state index contributed by atoms with van der Waals surface area (Å²) < 4.78 is 47.4. The van der Waals surface area contributed by atoms with Gasteiger partial charge in [0.25, 0.3) is 0 Å². The Morgan fingerprint density at radius 1 is 1.35 bits per heavy atom. The molecule has 0 radical (unpaired) electrons. The topological polar surface area (TPSA) is 78.6 Å². The van der Waals surface area contributed by atoms with E-state index in [1.165, 1.54) is 12.1 Å². The van der Waals surface area contributed by atoms with Crippen molar-refractivity contribution in [3.8, 4) is 0 Å². The Bertz CT molecular complexity index is 594. The van der Waals surface area contributed by atoms with Crippen molar-refractivity contribution >= 4 is 10.0 Å². The second-order valence-electron chi connectivity index (χ2n) is 5.54. The zero-order chi connectivity index (χ0) is 15.0. The van der Waals surface area contributed by atoms with Crippen molar-refractivity contribution in [3.63, 3.8) is 0 Å². The first-order chi connectivity index (χ1) is 9.20. The molecular weight excluding hydrogens is 285 g/mol. The maximum atomic E-state index is 13.4. The molecule has 0 aromatic heterocycles. The van der Waals surface area contributed by atoms with E-state index in [4.69, 9.17) is 14.6 Å². The smallest absolute Gasteiger partial charge is 0.238 e. The van der Waals surface area contributed by atoms with Gasteiger partial charge in [-0.15, -0.1) is 0 Å². The Kier molecular flexibility index (Phi) is 4.15. The van der Waals surface area contributed by atoms with Crippen molar-refractivity contribution < 1.29 is 22.3 Å². The lowest BCUT2D eigenvalue weighted by Crippen LogP contribution is -2.33. The van der Waals surface area contributed by atoms with E-state index >= 15 is 0 Å². The van der Waals surface area contributed by atoms with Crippen LogP contribution in [0.1, 0.15) is 19.4 Å². The zero-order valence-electron chi connectivity index (χ0n) is 11.4. The Hall–Kier alpha value is -1.02. The number of hydrogen-bond donors (Lipinski definition) is 1. The predicted octanol–water partition coefficient (Wildman–Crippen LogP) is 1.41. The van der Waals surface area contributed by atoms with E-state index in [0.29, 0.717) is 18.8 Å². The van der Waals surface area contributed by atoms with Gasteiger partial charge in [0.15, 0.2) is 6.29 Å². The van der Waals surface area contributed by atoms with Crippen LogP contribution in [-0.2, 0) is 25.9 Å². The van der Waals surface area contributed by atoms with Crippen molar-refractivity contribution in [2.75, 3.05) is 13.2 Å². The van der Waals surface area contributed by atoms with Gasteiger partial charge < -0.3 is 9.47 Å². The highest BCUT2D eigenvalue weighted by Gasteiger charge is 2.35. The van der Waals surface area contributed by atoms with Crippen molar-refractivity contribution in [1.29, 1.82) is 0 Å². The summed E-state index contributed by atoms with van der Waals surface area (Å²) >= 11 is 0. The normalized spacial score (nSPS) is 17.6. The third-order valence-corrected chi connectivity index (χ3v) is 4.25. The quantitative estimate of drug-likeness (QED) is 0.912. The second kappa shape index (κ2) is 5.40. The van der Waals surface area contributed by atoms with Crippen LogP contribution in [-0.4, -0.2) is 27.9 Å². The minimum absolute atomic E-state index is 0.0648. The van der Waals surface area contributed by atoms with Gasteiger partial charge >= 0.3 is 0 Å². The minimum atomic E-state index is -3.89. The molecule has 2 rings (SSSR count). The molecule has 2 N–H and O–H groups in total. The third kappa shape index (κ3) is 3.35. The number of nitrogens with two attached hydrogens (primary N) is 1. The van der Waals surface area contributed by atoms with E-state index in [1.54, 1.807) is 0 Å². The SMILES string of the molecule is CC(C)(Cc1cc(F)ccc1S(N)(=O)=O)C1OCCO1. The molecule has 7 heteroatoms. The highest BCUT2D eigenvalue weighted by Crippen LogP contribution is 2.33. The van der Waals surface area contributed by atoms with Gasteiger partial charge in [0, 0.05) is 5.41 Å². The molecule has 0 atom stereocenters. The first kappa shape index (κ1) is 15.4. The number of halogens is 1. The average Bonchev–Trinajstić information content (AvgIpc) is 2.80. The van der Waals surface area contributed by atoms with Gasteiger partial charge in [-0.25, -0.2) is 17.9 Å². The Balaban J connectivity index is 2.35. The van der Waals surface area contributed by atoms with Crippen molar-refractivity contribution in [3.05, 3.63) is 29.6 Å². The molecule has 0 spiro atoms. The van der Waals surface area contributed by atoms with Gasteiger partial charge in [0.1, 0.15) is 5.82 Å². The summed E-state index contributed by atoms with van der Waals surface area (Å²) in [7, 11) is -3.89. The van der Waals surface area contributed by atoms with E-state index in [9.17, 15) is 12.8 Å². The zero-order valence-corrected chi connectivity index (χ0v) is 12.2. The number of benzene rings is 1. The highest BCUT2D eigenvalue weighted by molar-refractivity contribution is 7.89.